The van der Waals surface area contributed by atoms with Crippen molar-refractivity contribution in [2.24, 2.45) is 16.3 Å². The minimum Gasteiger partial charge on any atom is -0.381 e. The third-order valence-electron chi connectivity index (χ3n) is 6.93. The quantitative estimate of drug-likeness (QED) is 0.596. The molecule has 0 bridgehead atoms. The van der Waals surface area contributed by atoms with Crippen LogP contribution in [0, 0.1) is 11.3 Å². The van der Waals surface area contributed by atoms with Gasteiger partial charge in [-0.25, -0.2) is 0 Å². The Morgan fingerprint density at radius 2 is 2.24 bits per heavy atom. The van der Waals surface area contributed by atoms with Gasteiger partial charge in [-0.2, -0.15) is 0 Å². The molecule has 5 nitrogen and oxygen atoms in total. The predicted octanol–water partition coefficient (Wildman–Crippen LogP) is 3.80. The summed E-state index contributed by atoms with van der Waals surface area (Å²) in [7, 11) is 2.23. The van der Waals surface area contributed by atoms with E-state index in [0.717, 1.165) is 56.9 Å². The Labute approximate surface area is 180 Å². The first kappa shape index (κ1) is 21.0. The van der Waals surface area contributed by atoms with Crippen molar-refractivity contribution in [1.29, 1.82) is 0 Å². The third-order valence-corrected chi connectivity index (χ3v) is 7.17. The van der Waals surface area contributed by atoms with Crippen molar-refractivity contribution >= 4 is 17.6 Å². The van der Waals surface area contributed by atoms with Gasteiger partial charge in [-0.3, -0.25) is 9.89 Å². The van der Waals surface area contributed by atoms with E-state index in [1.165, 1.54) is 31.2 Å². The molecule has 29 heavy (non-hydrogen) atoms. The van der Waals surface area contributed by atoms with Crippen molar-refractivity contribution in [3.05, 3.63) is 34.9 Å². The zero-order valence-electron chi connectivity index (χ0n) is 17.9. The average molecular weight is 419 g/mol. The highest BCUT2D eigenvalue weighted by molar-refractivity contribution is 6.30. The Morgan fingerprint density at radius 3 is 3.00 bits per heavy atom. The number of likely N-dealkylation sites (tertiary alicyclic amines) is 2. The van der Waals surface area contributed by atoms with Crippen LogP contribution in [0.2, 0.25) is 5.02 Å². The fourth-order valence-electron chi connectivity index (χ4n) is 5.38. The lowest BCUT2D eigenvalue weighted by Gasteiger charge is -2.39. The molecule has 0 aromatic heterocycles. The summed E-state index contributed by atoms with van der Waals surface area (Å²) in [6.07, 6.45) is 4.85. The van der Waals surface area contributed by atoms with Gasteiger partial charge in [-0.15, -0.1) is 0 Å². The molecule has 3 heterocycles. The minimum absolute atomic E-state index is 0.352. The highest BCUT2D eigenvalue weighted by Gasteiger charge is 2.42. The standard InChI is InChI=1S/C23H35ClN4O/c1-3-25-22(28-12-9-23(16-28)10-13-29-17-23)26-15-19-7-5-11-27(2)21(19)18-6-4-8-20(24)14-18/h4,6,8,14,19,21H,3,5,7,9-13,15-17H2,1-2H3,(H,25,26). The van der Waals surface area contributed by atoms with Crippen molar-refractivity contribution in [1.82, 2.24) is 15.1 Å². The molecule has 0 amide bonds. The van der Waals surface area contributed by atoms with Crippen LogP contribution in [-0.2, 0) is 4.74 Å². The normalized spacial score (nSPS) is 31.0. The predicted molar refractivity (Wildman–Crippen MR) is 120 cm³/mol. The van der Waals surface area contributed by atoms with E-state index in [4.69, 9.17) is 21.3 Å². The van der Waals surface area contributed by atoms with Crippen LogP contribution in [-0.4, -0.2) is 68.7 Å². The first-order valence-corrected chi connectivity index (χ1v) is 11.5. The largest absolute Gasteiger partial charge is 0.381 e. The van der Waals surface area contributed by atoms with Crippen molar-refractivity contribution in [3.63, 3.8) is 0 Å². The van der Waals surface area contributed by atoms with Crippen LogP contribution in [0.4, 0.5) is 0 Å². The maximum absolute atomic E-state index is 6.30. The summed E-state index contributed by atoms with van der Waals surface area (Å²) in [5, 5.41) is 4.36. The molecular formula is C23H35ClN4O. The molecule has 0 aliphatic carbocycles. The van der Waals surface area contributed by atoms with Gasteiger partial charge < -0.3 is 15.0 Å². The summed E-state index contributed by atoms with van der Waals surface area (Å²) >= 11 is 6.30. The van der Waals surface area contributed by atoms with Gasteiger partial charge >= 0.3 is 0 Å². The number of piperidine rings is 1. The number of guanidine groups is 1. The molecule has 3 fully saturated rings. The number of hydrogen-bond acceptors (Lipinski definition) is 3. The molecule has 0 radical (unpaired) electrons. The van der Waals surface area contributed by atoms with E-state index < -0.39 is 0 Å². The molecule has 3 atom stereocenters. The minimum atomic E-state index is 0.352. The molecule has 4 rings (SSSR count). The van der Waals surface area contributed by atoms with Crippen LogP contribution in [0.15, 0.2) is 29.3 Å². The highest BCUT2D eigenvalue weighted by Crippen LogP contribution is 2.39. The third kappa shape index (κ3) is 4.73. The fourth-order valence-corrected chi connectivity index (χ4v) is 5.58. The molecule has 6 heteroatoms. The molecular weight excluding hydrogens is 384 g/mol. The maximum atomic E-state index is 6.30. The topological polar surface area (TPSA) is 40.1 Å². The van der Waals surface area contributed by atoms with Crippen LogP contribution in [0.25, 0.3) is 0 Å². The van der Waals surface area contributed by atoms with Crippen molar-refractivity contribution in [2.75, 3.05) is 53.0 Å². The first-order chi connectivity index (χ1) is 14.1. The van der Waals surface area contributed by atoms with Gasteiger partial charge in [-0.1, -0.05) is 23.7 Å². The Kier molecular flexibility index (Phi) is 6.67. The summed E-state index contributed by atoms with van der Waals surface area (Å²) in [4.78, 5) is 10.1. The average Bonchev–Trinajstić information content (AvgIpc) is 3.35. The lowest BCUT2D eigenvalue weighted by atomic mass is 9.85. The molecule has 1 aromatic carbocycles. The lowest BCUT2D eigenvalue weighted by molar-refractivity contribution is 0.125. The zero-order chi connectivity index (χ0) is 20.3. The Morgan fingerprint density at radius 1 is 1.34 bits per heavy atom. The second kappa shape index (κ2) is 9.23. The molecule has 3 unspecified atom stereocenters. The van der Waals surface area contributed by atoms with Gasteiger partial charge in [0.05, 0.1) is 6.61 Å². The molecule has 3 saturated heterocycles. The van der Waals surface area contributed by atoms with Crippen molar-refractivity contribution in [3.8, 4) is 0 Å². The summed E-state index contributed by atoms with van der Waals surface area (Å²) in [5.74, 6) is 1.58. The van der Waals surface area contributed by atoms with Crippen LogP contribution < -0.4 is 5.32 Å². The molecule has 3 aliphatic rings. The number of aliphatic imine (C=N–C) groups is 1. The fraction of sp³-hybridized carbons (Fsp3) is 0.696. The second-order valence-electron chi connectivity index (χ2n) is 9.05. The smallest absolute Gasteiger partial charge is 0.193 e. The van der Waals surface area contributed by atoms with E-state index in [-0.39, 0.29) is 0 Å². The van der Waals surface area contributed by atoms with Crippen molar-refractivity contribution in [2.45, 2.75) is 38.6 Å². The monoisotopic (exact) mass is 418 g/mol. The van der Waals surface area contributed by atoms with Gasteiger partial charge in [-0.05, 0) is 69.8 Å². The summed E-state index contributed by atoms with van der Waals surface area (Å²) in [5.41, 5.74) is 1.66. The number of hydrogen-bond donors (Lipinski definition) is 1. The Balaban J connectivity index is 1.49. The first-order valence-electron chi connectivity index (χ1n) is 11.2. The van der Waals surface area contributed by atoms with Gasteiger partial charge in [0.15, 0.2) is 5.96 Å². The van der Waals surface area contributed by atoms with Gasteiger partial charge in [0.25, 0.3) is 0 Å². The number of nitrogens with one attached hydrogen (secondary N) is 1. The molecule has 0 saturated carbocycles. The van der Waals surface area contributed by atoms with Crippen LogP contribution in [0.5, 0.6) is 0 Å². The number of benzene rings is 1. The number of rotatable bonds is 4. The van der Waals surface area contributed by atoms with Gasteiger partial charge in [0.2, 0.25) is 0 Å². The van der Waals surface area contributed by atoms with Crippen LogP contribution in [0.1, 0.15) is 44.2 Å². The van der Waals surface area contributed by atoms with Crippen molar-refractivity contribution < 1.29 is 4.74 Å². The maximum Gasteiger partial charge on any atom is 0.193 e. The van der Waals surface area contributed by atoms with E-state index in [9.17, 15) is 0 Å². The summed E-state index contributed by atoms with van der Waals surface area (Å²) in [6.45, 7) is 9.02. The lowest BCUT2D eigenvalue weighted by Crippen LogP contribution is -2.42. The van der Waals surface area contributed by atoms with E-state index in [1.54, 1.807) is 0 Å². The van der Waals surface area contributed by atoms with E-state index >= 15 is 0 Å². The van der Waals surface area contributed by atoms with Gasteiger partial charge in [0.1, 0.15) is 0 Å². The highest BCUT2D eigenvalue weighted by atomic mass is 35.5. The number of ether oxygens (including phenoxy) is 1. The number of halogens is 1. The van der Waals surface area contributed by atoms with E-state index in [0.29, 0.717) is 17.4 Å². The van der Waals surface area contributed by atoms with Crippen LogP contribution >= 0.6 is 11.6 Å². The zero-order valence-corrected chi connectivity index (χ0v) is 18.6. The molecule has 1 aromatic rings. The Hall–Kier alpha value is -1.30. The summed E-state index contributed by atoms with van der Waals surface area (Å²) in [6, 6.07) is 8.74. The molecule has 1 spiro atoms. The molecule has 160 valence electrons. The van der Waals surface area contributed by atoms with Crippen LogP contribution in [0.3, 0.4) is 0 Å². The second-order valence-corrected chi connectivity index (χ2v) is 9.49. The molecule has 3 aliphatic heterocycles. The number of nitrogens with zero attached hydrogens (tertiary/aromatic N) is 3. The Bertz CT molecular complexity index is 719. The summed E-state index contributed by atoms with van der Waals surface area (Å²) < 4.78 is 5.71. The van der Waals surface area contributed by atoms with E-state index in [2.05, 4.69) is 47.3 Å². The SMILES string of the molecule is CCNC(=NCC1CCCN(C)C1c1cccc(Cl)c1)N1CCC2(CCOC2)C1. The van der Waals surface area contributed by atoms with Gasteiger partial charge in [0, 0.05) is 49.3 Å². The molecule has 1 N–H and O–H groups in total. The van der Waals surface area contributed by atoms with E-state index in [1.807, 2.05) is 6.07 Å².